The lowest BCUT2D eigenvalue weighted by molar-refractivity contribution is -0.199. The molecule has 11 heteroatoms. The lowest BCUT2D eigenvalue weighted by Crippen LogP contribution is -2.65. The summed E-state index contributed by atoms with van der Waals surface area (Å²) < 4.78 is 18.3. The number of aromatic nitrogens is 2. The van der Waals surface area contributed by atoms with Gasteiger partial charge in [0.05, 0.1) is 30.4 Å². The van der Waals surface area contributed by atoms with Crippen LogP contribution in [0.2, 0.25) is 0 Å². The standard InChI is InChI=1S/C29H37BN4O6/c1-28(2)19-14-23(28)29(3)24(15-19)39-30(40-29)25(11-10-22(35)18-8-6-5-7-9-18)34-27(37)21(17-38-4)33-26(36)20-16-31-12-13-32-20/h5-9,12-13,16,19,21,23-25H,10-11,14-15,17H2,1-4H3,(H,33,36)(H,34,37)/t19-,21?,23-,24+,25-,29-/m0/s1. The summed E-state index contributed by atoms with van der Waals surface area (Å²) in [7, 11) is 0.726. The van der Waals surface area contributed by atoms with E-state index >= 15 is 0 Å². The van der Waals surface area contributed by atoms with Crippen LogP contribution in [0.15, 0.2) is 48.9 Å². The molecule has 2 N–H and O–H groups in total. The number of benzene rings is 1. The average molecular weight is 548 g/mol. The predicted octanol–water partition coefficient (Wildman–Crippen LogP) is 2.64. The quantitative estimate of drug-likeness (QED) is 0.324. The van der Waals surface area contributed by atoms with E-state index < -0.39 is 36.5 Å². The molecule has 2 amide bonds. The van der Waals surface area contributed by atoms with Crippen molar-refractivity contribution in [3.05, 3.63) is 60.2 Å². The highest BCUT2D eigenvalue weighted by atomic mass is 16.7. The highest BCUT2D eigenvalue weighted by molar-refractivity contribution is 6.48. The molecule has 212 valence electrons. The van der Waals surface area contributed by atoms with Crippen molar-refractivity contribution in [1.29, 1.82) is 0 Å². The number of carbonyl (C=O) groups excluding carboxylic acids is 3. The van der Waals surface area contributed by atoms with Crippen LogP contribution in [0.1, 0.15) is 67.3 Å². The molecular formula is C29H37BN4O6. The summed E-state index contributed by atoms with van der Waals surface area (Å²) in [6.45, 7) is 6.63. The average Bonchev–Trinajstić information content (AvgIpc) is 3.32. The van der Waals surface area contributed by atoms with Crippen molar-refractivity contribution in [1.82, 2.24) is 20.6 Å². The van der Waals surface area contributed by atoms with Crippen molar-refractivity contribution in [2.75, 3.05) is 13.7 Å². The van der Waals surface area contributed by atoms with Gasteiger partial charge in [-0.3, -0.25) is 19.4 Å². The molecule has 2 aromatic rings. The van der Waals surface area contributed by atoms with Crippen LogP contribution in [0.25, 0.3) is 0 Å². The number of rotatable bonds is 11. The molecule has 6 rings (SSSR count). The summed E-state index contributed by atoms with van der Waals surface area (Å²) in [5, 5.41) is 5.69. The van der Waals surface area contributed by atoms with Gasteiger partial charge >= 0.3 is 7.12 Å². The number of hydrogen-bond acceptors (Lipinski definition) is 8. The molecule has 1 aliphatic heterocycles. The summed E-state index contributed by atoms with van der Waals surface area (Å²) in [6.07, 6.45) is 6.61. The highest BCUT2D eigenvalue weighted by Gasteiger charge is 2.68. The lowest BCUT2D eigenvalue weighted by Gasteiger charge is -2.64. The predicted molar refractivity (Wildman–Crippen MR) is 147 cm³/mol. The van der Waals surface area contributed by atoms with E-state index in [1.54, 1.807) is 12.1 Å². The van der Waals surface area contributed by atoms with E-state index in [2.05, 4.69) is 41.4 Å². The smallest absolute Gasteiger partial charge is 0.404 e. The van der Waals surface area contributed by atoms with Crippen molar-refractivity contribution < 1.29 is 28.4 Å². The Hall–Kier alpha value is -3.15. The first-order valence-electron chi connectivity index (χ1n) is 13.9. The minimum absolute atomic E-state index is 0.0331. The van der Waals surface area contributed by atoms with Gasteiger partial charge in [-0.05, 0) is 43.4 Å². The van der Waals surface area contributed by atoms with Crippen LogP contribution in [0.4, 0.5) is 0 Å². The molecule has 1 saturated heterocycles. The third kappa shape index (κ3) is 5.42. The summed E-state index contributed by atoms with van der Waals surface area (Å²) in [5.74, 6) is -0.732. The first-order valence-corrected chi connectivity index (χ1v) is 13.9. The van der Waals surface area contributed by atoms with Crippen LogP contribution in [-0.4, -0.2) is 72.1 Å². The third-order valence-corrected chi connectivity index (χ3v) is 9.15. The molecular weight excluding hydrogens is 511 g/mol. The van der Waals surface area contributed by atoms with Gasteiger partial charge in [0.1, 0.15) is 11.7 Å². The summed E-state index contributed by atoms with van der Waals surface area (Å²) >= 11 is 0. The van der Waals surface area contributed by atoms with E-state index in [0.717, 1.165) is 12.8 Å². The SMILES string of the molecule is COCC(NC(=O)c1cnccn1)C(=O)N[C@@H](CCC(=O)c1ccccc1)B1O[C@@H]2C[C@@H]3C[C@@H](C3(C)C)[C@]2(C)O1. The maximum atomic E-state index is 13.5. The van der Waals surface area contributed by atoms with E-state index in [9.17, 15) is 14.4 Å². The van der Waals surface area contributed by atoms with Crippen LogP contribution in [0.3, 0.4) is 0 Å². The fourth-order valence-corrected chi connectivity index (χ4v) is 6.68. The van der Waals surface area contributed by atoms with Crippen molar-refractivity contribution in [2.24, 2.45) is 17.3 Å². The number of ketones is 1. The number of Topliss-reactive ketones (excluding diaryl/α,β-unsaturated/α-hetero) is 1. The van der Waals surface area contributed by atoms with Gasteiger partial charge in [0.25, 0.3) is 5.91 Å². The van der Waals surface area contributed by atoms with Gasteiger partial charge in [0, 0.05) is 31.5 Å². The number of amides is 2. The zero-order valence-electron chi connectivity index (χ0n) is 23.5. The molecule has 4 fully saturated rings. The molecule has 1 aromatic carbocycles. The Morgan fingerprint density at radius 2 is 1.90 bits per heavy atom. The minimum Gasteiger partial charge on any atom is -0.404 e. The number of ether oxygens (including phenoxy) is 1. The highest BCUT2D eigenvalue weighted by Crippen LogP contribution is 2.65. The number of nitrogens with zero attached hydrogens (tertiary/aromatic N) is 2. The van der Waals surface area contributed by atoms with E-state index in [0.29, 0.717) is 23.8 Å². The molecule has 40 heavy (non-hydrogen) atoms. The van der Waals surface area contributed by atoms with Crippen LogP contribution in [0.5, 0.6) is 0 Å². The zero-order chi connectivity index (χ0) is 28.5. The van der Waals surface area contributed by atoms with Gasteiger partial charge in [-0.2, -0.15) is 0 Å². The number of nitrogens with one attached hydrogen (secondary N) is 2. The second kappa shape index (κ2) is 11.4. The molecule has 4 aliphatic rings. The Morgan fingerprint density at radius 3 is 2.58 bits per heavy atom. The Labute approximate surface area is 235 Å². The fourth-order valence-electron chi connectivity index (χ4n) is 6.68. The van der Waals surface area contributed by atoms with Gasteiger partial charge in [0.2, 0.25) is 5.91 Å². The topological polar surface area (TPSA) is 129 Å². The Balaban J connectivity index is 1.32. The second-order valence-corrected chi connectivity index (χ2v) is 11.9. The Kier molecular flexibility index (Phi) is 8.08. The van der Waals surface area contributed by atoms with Crippen molar-refractivity contribution in [2.45, 2.75) is 70.1 Å². The molecule has 3 saturated carbocycles. The van der Waals surface area contributed by atoms with Gasteiger partial charge < -0.3 is 24.7 Å². The molecule has 2 bridgehead atoms. The van der Waals surface area contributed by atoms with Crippen LogP contribution >= 0.6 is 0 Å². The molecule has 2 heterocycles. The number of hydrogen-bond donors (Lipinski definition) is 2. The van der Waals surface area contributed by atoms with Gasteiger partial charge in [-0.25, -0.2) is 4.98 Å². The number of methoxy groups -OCH3 is 1. The van der Waals surface area contributed by atoms with E-state index in [1.807, 2.05) is 18.2 Å². The molecule has 0 radical (unpaired) electrons. The van der Waals surface area contributed by atoms with Gasteiger partial charge in [-0.15, -0.1) is 0 Å². The first-order chi connectivity index (χ1) is 19.1. The minimum atomic E-state index is -1.00. The van der Waals surface area contributed by atoms with Crippen molar-refractivity contribution in [3.8, 4) is 0 Å². The number of carbonyl (C=O) groups is 3. The molecule has 1 unspecified atom stereocenters. The maximum absolute atomic E-state index is 13.5. The normalized spacial score (nSPS) is 27.6. The van der Waals surface area contributed by atoms with E-state index in [4.69, 9.17) is 14.0 Å². The van der Waals surface area contributed by atoms with Gasteiger partial charge in [0.15, 0.2) is 5.78 Å². The van der Waals surface area contributed by atoms with E-state index in [-0.39, 0.29) is 36.0 Å². The molecule has 10 nitrogen and oxygen atoms in total. The van der Waals surface area contributed by atoms with Crippen molar-refractivity contribution in [3.63, 3.8) is 0 Å². The van der Waals surface area contributed by atoms with Crippen LogP contribution < -0.4 is 10.6 Å². The van der Waals surface area contributed by atoms with Crippen molar-refractivity contribution >= 4 is 24.7 Å². The third-order valence-electron chi connectivity index (χ3n) is 9.15. The molecule has 3 aliphatic carbocycles. The Bertz CT molecular complexity index is 1230. The fraction of sp³-hybridized carbons (Fsp3) is 0.552. The largest absolute Gasteiger partial charge is 0.481 e. The second-order valence-electron chi connectivity index (χ2n) is 11.9. The molecule has 0 spiro atoms. The zero-order valence-corrected chi connectivity index (χ0v) is 23.5. The molecule has 1 aromatic heterocycles. The van der Waals surface area contributed by atoms with Crippen LogP contribution in [-0.2, 0) is 18.8 Å². The van der Waals surface area contributed by atoms with Crippen LogP contribution in [0, 0.1) is 17.3 Å². The monoisotopic (exact) mass is 548 g/mol. The lowest BCUT2D eigenvalue weighted by atomic mass is 9.43. The maximum Gasteiger partial charge on any atom is 0.481 e. The summed E-state index contributed by atoms with van der Waals surface area (Å²) in [6, 6.07) is 8.06. The summed E-state index contributed by atoms with van der Waals surface area (Å²) in [4.78, 5) is 47.1. The Morgan fingerprint density at radius 1 is 1.12 bits per heavy atom. The summed E-state index contributed by atoms with van der Waals surface area (Å²) in [5.41, 5.74) is 0.390. The first kappa shape index (κ1) is 28.4. The van der Waals surface area contributed by atoms with Gasteiger partial charge in [-0.1, -0.05) is 44.2 Å². The van der Waals surface area contributed by atoms with E-state index in [1.165, 1.54) is 25.7 Å². The molecule has 6 atom stereocenters.